The number of nitrogens with zero attached hydrogens (tertiary/aromatic N) is 1. The zero-order valence-corrected chi connectivity index (χ0v) is 25.1. The van der Waals surface area contributed by atoms with Crippen LogP contribution in [0.4, 0.5) is 5.69 Å². The van der Waals surface area contributed by atoms with E-state index in [0.29, 0.717) is 39.0 Å². The van der Waals surface area contributed by atoms with Gasteiger partial charge in [0.2, 0.25) is 5.75 Å². The maximum atomic E-state index is 14.8. The Bertz CT molecular complexity index is 1630. The van der Waals surface area contributed by atoms with Crippen LogP contribution in [-0.4, -0.2) is 50.8 Å². The van der Waals surface area contributed by atoms with E-state index in [4.69, 9.17) is 25.8 Å². The van der Waals surface area contributed by atoms with Gasteiger partial charge in [0.1, 0.15) is 5.41 Å². The summed E-state index contributed by atoms with van der Waals surface area (Å²) in [4.78, 5) is 46.2. The normalized spacial score (nSPS) is 21.7. The number of Topliss-reactive ketones (excluding diaryl/α,β-unsaturated/α-hetero) is 3. The molecule has 3 aromatic rings. The summed E-state index contributed by atoms with van der Waals surface area (Å²) in [5.74, 6) is -0.484. The third-order valence-corrected chi connectivity index (χ3v) is 9.05. The number of carbonyl (C=O) groups excluding carboxylic acids is 3. The third kappa shape index (κ3) is 3.69. The molecule has 2 aliphatic heterocycles. The molecule has 216 valence electrons. The smallest absolute Gasteiger partial charge is 0.203 e. The number of hydrogen-bond donors (Lipinski definition) is 0. The minimum atomic E-state index is -1.63. The minimum absolute atomic E-state index is 0.101. The molecule has 0 N–H and O–H groups in total. The number of ketones is 3. The summed E-state index contributed by atoms with van der Waals surface area (Å²) in [6.07, 6.45) is 3.77. The molecule has 3 aromatic carbocycles. The lowest BCUT2D eigenvalue weighted by Gasteiger charge is -2.38. The van der Waals surface area contributed by atoms with Crippen LogP contribution in [0.25, 0.3) is 6.08 Å². The molecule has 8 heteroatoms. The Hall–Kier alpha value is -4.10. The standard InChI is InChI=1S/C34H32ClNO6/c1-33(2,3)32(39)28-27(19-16-24(40-4)29(42-6)25(17-19)41-5)34(30(37)21-9-7-8-10-22(21)31(34)38)26-14-11-18-15-20(35)12-13-23(18)36(26)28/h7-17,26-28H,1-6H3/t26?,27-,28+/m0/s1. The molecule has 1 fully saturated rings. The van der Waals surface area contributed by atoms with Gasteiger partial charge in [-0.25, -0.2) is 0 Å². The average Bonchev–Trinajstić information content (AvgIpc) is 3.41. The molecule has 3 atom stereocenters. The fraction of sp³-hybridized carbons (Fsp3) is 0.324. The van der Waals surface area contributed by atoms with E-state index in [1.807, 2.05) is 50.0 Å². The molecule has 0 amide bonds. The molecule has 1 spiro atoms. The van der Waals surface area contributed by atoms with Crippen LogP contribution in [0.15, 0.2) is 60.7 Å². The average molecular weight is 586 g/mol. The number of ether oxygens (including phenoxy) is 3. The Balaban J connectivity index is 1.73. The lowest BCUT2D eigenvalue weighted by molar-refractivity contribution is -0.127. The highest BCUT2D eigenvalue weighted by Gasteiger charge is 2.72. The molecule has 0 radical (unpaired) electrons. The highest BCUT2D eigenvalue weighted by atomic mass is 35.5. The van der Waals surface area contributed by atoms with E-state index in [0.717, 1.165) is 11.3 Å². The highest BCUT2D eigenvalue weighted by molar-refractivity contribution is 6.32. The Morgan fingerprint density at radius 1 is 0.881 bits per heavy atom. The largest absolute Gasteiger partial charge is 0.493 e. The summed E-state index contributed by atoms with van der Waals surface area (Å²) in [5, 5.41) is 0.547. The third-order valence-electron chi connectivity index (χ3n) is 8.82. The van der Waals surface area contributed by atoms with E-state index in [1.165, 1.54) is 21.3 Å². The second-order valence-electron chi connectivity index (χ2n) is 12.0. The molecule has 7 nitrogen and oxygen atoms in total. The molecule has 0 aromatic heterocycles. The predicted octanol–water partition coefficient (Wildman–Crippen LogP) is 6.41. The zero-order valence-electron chi connectivity index (χ0n) is 24.4. The van der Waals surface area contributed by atoms with Crippen LogP contribution in [0.1, 0.15) is 58.5 Å². The van der Waals surface area contributed by atoms with Gasteiger partial charge in [0, 0.05) is 33.2 Å². The van der Waals surface area contributed by atoms with Crippen molar-refractivity contribution in [3.05, 3.63) is 87.9 Å². The molecule has 0 bridgehead atoms. The molecule has 42 heavy (non-hydrogen) atoms. The van der Waals surface area contributed by atoms with Gasteiger partial charge in [-0.1, -0.05) is 68.8 Å². The van der Waals surface area contributed by atoms with Crippen molar-refractivity contribution < 1.29 is 28.6 Å². The Kier molecular flexibility index (Phi) is 6.50. The van der Waals surface area contributed by atoms with E-state index < -0.39 is 28.8 Å². The van der Waals surface area contributed by atoms with Crippen LogP contribution in [-0.2, 0) is 4.79 Å². The van der Waals surface area contributed by atoms with Gasteiger partial charge in [0.05, 0.1) is 33.4 Å². The fourth-order valence-electron chi connectivity index (χ4n) is 7.05. The van der Waals surface area contributed by atoms with Crippen molar-refractivity contribution in [1.82, 2.24) is 0 Å². The van der Waals surface area contributed by atoms with Crippen LogP contribution >= 0.6 is 11.6 Å². The van der Waals surface area contributed by atoms with Crippen LogP contribution < -0.4 is 19.1 Å². The van der Waals surface area contributed by atoms with Crippen molar-refractivity contribution in [2.24, 2.45) is 10.8 Å². The summed E-state index contributed by atoms with van der Waals surface area (Å²) < 4.78 is 17.0. The Morgan fingerprint density at radius 2 is 1.48 bits per heavy atom. The second kappa shape index (κ2) is 9.73. The molecular weight excluding hydrogens is 554 g/mol. The van der Waals surface area contributed by atoms with Crippen LogP contribution in [0.2, 0.25) is 5.02 Å². The lowest BCUT2D eigenvalue weighted by atomic mass is 9.63. The number of halogens is 1. The number of carbonyl (C=O) groups is 3. The number of fused-ring (bicyclic) bond motifs is 5. The molecule has 1 saturated heterocycles. The van der Waals surface area contributed by atoms with Crippen LogP contribution in [0.3, 0.4) is 0 Å². The minimum Gasteiger partial charge on any atom is -0.493 e. The quantitative estimate of drug-likeness (QED) is 0.320. The maximum Gasteiger partial charge on any atom is 0.203 e. The first-order valence-corrected chi connectivity index (χ1v) is 14.2. The molecule has 1 unspecified atom stereocenters. The molecule has 3 aliphatic rings. The van der Waals surface area contributed by atoms with Crippen molar-refractivity contribution in [3.63, 3.8) is 0 Å². The number of rotatable bonds is 5. The number of hydrogen-bond acceptors (Lipinski definition) is 7. The first kappa shape index (κ1) is 28.0. The van der Waals surface area contributed by atoms with Gasteiger partial charge >= 0.3 is 0 Å². The molecular formula is C34H32ClNO6. The monoisotopic (exact) mass is 585 g/mol. The SMILES string of the molecule is COc1cc([C@H]2[C@H](C(=O)C(C)(C)C)N3c4ccc(Cl)cc4C=CC3C23C(=O)c2ccccc2C3=O)cc(OC)c1OC. The van der Waals surface area contributed by atoms with E-state index in [1.54, 1.807) is 42.5 Å². The maximum absolute atomic E-state index is 14.8. The van der Waals surface area contributed by atoms with Crippen molar-refractivity contribution in [1.29, 1.82) is 0 Å². The second-order valence-corrected chi connectivity index (χ2v) is 12.4. The Labute approximate surface area is 250 Å². The fourth-order valence-corrected chi connectivity index (χ4v) is 7.23. The van der Waals surface area contributed by atoms with E-state index in [2.05, 4.69) is 0 Å². The van der Waals surface area contributed by atoms with Crippen LogP contribution in [0.5, 0.6) is 17.2 Å². The summed E-state index contributed by atoms with van der Waals surface area (Å²) >= 11 is 6.37. The van der Waals surface area contributed by atoms with E-state index in [-0.39, 0.29) is 17.3 Å². The van der Waals surface area contributed by atoms with Crippen molar-refractivity contribution in [2.45, 2.75) is 38.8 Å². The van der Waals surface area contributed by atoms with E-state index >= 15 is 0 Å². The predicted molar refractivity (Wildman–Crippen MR) is 161 cm³/mol. The molecule has 1 aliphatic carbocycles. The van der Waals surface area contributed by atoms with Gasteiger partial charge in [-0.2, -0.15) is 0 Å². The van der Waals surface area contributed by atoms with Gasteiger partial charge in [-0.15, -0.1) is 0 Å². The molecule has 0 saturated carbocycles. The van der Waals surface area contributed by atoms with E-state index in [9.17, 15) is 14.4 Å². The summed E-state index contributed by atoms with van der Waals surface area (Å²) in [6.45, 7) is 5.57. The van der Waals surface area contributed by atoms with Gasteiger partial charge in [0.25, 0.3) is 0 Å². The summed E-state index contributed by atoms with van der Waals surface area (Å²) in [7, 11) is 4.53. The highest BCUT2D eigenvalue weighted by Crippen LogP contribution is 2.62. The first-order valence-electron chi connectivity index (χ1n) is 13.8. The van der Waals surface area contributed by atoms with Gasteiger partial charge in [0.15, 0.2) is 28.8 Å². The topological polar surface area (TPSA) is 82.1 Å². The molecule has 2 heterocycles. The van der Waals surface area contributed by atoms with Crippen molar-refractivity contribution >= 4 is 40.7 Å². The van der Waals surface area contributed by atoms with Gasteiger partial charge < -0.3 is 19.1 Å². The number of benzene rings is 3. The van der Waals surface area contributed by atoms with Gasteiger partial charge in [-0.05, 0) is 41.5 Å². The number of anilines is 1. The van der Waals surface area contributed by atoms with Gasteiger partial charge in [-0.3, -0.25) is 14.4 Å². The van der Waals surface area contributed by atoms with Crippen LogP contribution in [0, 0.1) is 10.8 Å². The lowest BCUT2D eigenvalue weighted by Crippen LogP contribution is -2.49. The zero-order chi connectivity index (χ0) is 30.1. The first-order chi connectivity index (χ1) is 20.0. The van der Waals surface area contributed by atoms with Crippen molar-refractivity contribution in [2.75, 3.05) is 26.2 Å². The Morgan fingerprint density at radius 3 is 2.00 bits per heavy atom. The van der Waals surface area contributed by atoms with Crippen molar-refractivity contribution in [3.8, 4) is 17.2 Å². The summed E-state index contributed by atoms with van der Waals surface area (Å²) in [5.41, 5.74) is 0.401. The molecule has 6 rings (SSSR count). The summed E-state index contributed by atoms with van der Waals surface area (Å²) in [6, 6.07) is 14.3. The number of methoxy groups -OCH3 is 3.